The SMILES string of the molecule is Cc1cc(NCC(C)C)c2cc([N+](=O)[O-])ccc2n1. The third kappa shape index (κ3) is 2.99. The van der Waals surface area contributed by atoms with Crippen LogP contribution in [-0.2, 0) is 0 Å². The Morgan fingerprint density at radius 3 is 2.74 bits per heavy atom. The number of hydrogen-bond acceptors (Lipinski definition) is 4. The Morgan fingerprint density at radius 1 is 1.37 bits per heavy atom. The molecule has 2 rings (SSSR count). The third-order valence-electron chi connectivity index (χ3n) is 2.83. The number of nitrogens with one attached hydrogen (secondary N) is 1. The second-order valence-corrected chi connectivity index (χ2v) is 5.04. The maximum atomic E-state index is 10.9. The molecule has 5 heteroatoms. The summed E-state index contributed by atoms with van der Waals surface area (Å²) in [6.07, 6.45) is 0. The van der Waals surface area contributed by atoms with E-state index in [0.29, 0.717) is 5.92 Å². The van der Waals surface area contributed by atoms with Gasteiger partial charge in [-0.05, 0) is 25.0 Å². The number of aromatic nitrogens is 1. The van der Waals surface area contributed by atoms with E-state index in [1.165, 1.54) is 6.07 Å². The van der Waals surface area contributed by atoms with Crippen LogP contribution in [0.4, 0.5) is 11.4 Å². The molecule has 0 radical (unpaired) electrons. The molecule has 0 saturated heterocycles. The number of benzene rings is 1. The molecule has 1 aromatic heterocycles. The van der Waals surface area contributed by atoms with Crippen molar-refractivity contribution in [3.8, 4) is 0 Å². The van der Waals surface area contributed by atoms with Crippen LogP contribution in [0.1, 0.15) is 19.5 Å². The maximum Gasteiger partial charge on any atom is 0.270 e. The van der Waals surface area contributed by atoms with Crippen LogP contribution in [0.2, 0.25) is 0 Å². The molecule has 0 aliphatic carbocycles. The Hall–Kier alpha value is -2.17. The number of nitro benzene ring substituents is 1. The second kappa shape index (κ2) is 5.22. The molecular formula is C14H17N3O2. The molecule has 0 aliphatic rings. The van der Waals surface area contributed by atoms with Crippen molar-refractivity contribution in [3.63, 3.8) is 0 Å². The highest BCUT2D eigenvalue weighted by Crippen LogP contribution is 2.27. The lowest BCUT2D eigenvalue weighted by Crippen LogP contribution is -2.08. The molecule has 0 spiro atoms. The number of non-ortho nitro benzene ring substituents is 1. The van der Waals surface area contributed by atoms with Crippen molar-refractivity contribution in [2.75, 3.05) is 11.9 Å². The Labute approximate surface area is 111 Å². The van der Waals surface area contributed by atoms with Crippen molar-refractivity contribution in [3.05, 3.63) is 40.1 Å². The van der Waals surface area contributed by atoms with E-state index in [-0.39, 0.29) is 10.6 Å². The van der Waals surface area contributed by atoms with Gasteiger partial charge in [-0.1, -0.05) is 13.8 Å². The molecule has 0 atom stereocenters. The molecule has 5 nitrogen and oxygen atoms in total. The highest BCUT2D eigenvalue weighted by atomic mass is 16.6. The Balaban J connectivity index is 2.52. The van der Waals surface area contributed by atoms with Gasteiger partial charge in [0.05, 0.1) is 10.4 Å². The second-order valence-electron chi connectivity index (χ2n) is 5.04. The molecule has 0 unspecified atom stereocenters. The van der Waals surface area contributed by atoms with E-state index in [4.69, 9.17) is 0 Å². The van der Waals surface area contributed by atoms with E-state index in [1.807, 2.05) is 13.0 Å². The van der Waals surface area contributed by atoms with Crippen molar-refractivity contribution < 1.29 is 4.92 Å². The number of nitro groups is 1. The van der Waals surface area contributed by atoms with E-state index in [0.717, 1.165) is 28.8 Å². The first-order chi connectivity index (χ1) is 8.97. The first-order valence-corrected chi connectivity index (χ1v) is 6.27. The molecule has 0 aliphatic heterocycles. The first-order valence-electron chi connectivity index (χ1n) is 6.27. The van der Waals surface area contributed by atoms with Crippen molar-refractivity contribution in [2.45, 2.75) is 20.8 Å². The topological polar surface area (TPSA) is 68.1 Å². The number of anilines is 1. The van der Waals surface area contributed by atoms with E-state index in [1.54, 1.807) is 12.1 Å². The minimum Gasteiger partial charge on any atom is -0.384 e. The summed E-state index contributed by atoms with van der Waals surface area (Å²) in [5.41, 5.74) is 2.66. The summed E-state index contributed by atoms with van der Waals surface area (Å²) >= 11 is 0. The highest BCUT2D eigenvalue weighted by Gasteiger charge is 2.10. The van der Waals surface area contributed by atoms with Gasteiger partial charge in [0, 0.05) is 35.4 Å². The zero-order chi connectivity index (χ0) is 14.0. The predicted molar refractivity (Wildman–Crippen MR) is 76.5 cm³/mol. The fraction of sp³-hybridized carbons (Fsp3) is 0.357. The van der Waals surface area contributed by atoms with Crippen LogP contribution >= 0.6 is 0 Å². The molecule has 1 aromatic carbocycles. The summed E-state index contributed by atoms with van der Waals surface area (Å²) < 4.78 is 0. The zero-order valence-electron chi connectivity index (χ0n) is 11.3. The van der Waals surface area contributed by atoms with Crippen molar-refractivity contribution >= 4 is 22.3 Å². The van der Waals surface area contributed by atoms with E-state index < -0.39 is 0 Å². The van der Waals surface area contributed by atoms with Gasteiger partial charge in [0.1, 0.15) is 0 Å². The molecule has 0 saturated carbocycles. The van der Waals surface area contributed by atoms with Gasteiger partial charge in [-0.3, -0.25) is 15.1 Å². The predicted octanol–water partition coefficient (Wildman–Crippen LogP) is 3.52. The summed E-state index contributed by atoms with van der Waals surface area (Å²) in [7, 11) is 0. The molecular weight excluding hydrogens is 242 g/mol. The lowest BCUT2D eigenvalue weighted by atomic mass is 10.1. The third-order valence-corrected chi connectivity index (χ3v) is 2.83. The summed E-state index contributed by atoms with van der Waals surface area (Å²) in [4.78, 5) is 14.9. The summed E-state index contributed by atoms with van der Waals surface area (Å²) in [6.45, 7) is 6.97. The number of hydrogen-bond donors (Lipinski definition) is 1. The van der Waals surface area contributed by atoms with Gasteiger partial charge in [0.2, 0.25) is 0 Å². The Bertz CT molecular complexity index is 623. The lowest BCUT2D eigenvalue weighted by Gasteiger charge is -2.12. The number of pyridine rings is 1. The highest BCUT2D eigenvalue weighted by molar-refractivity contribution is 5.93. The lowest BCUT2D eigenvalue weighted by molar-refractivity contribution is -0.384. The normalized spacial score (nSPS) is 10.9. The average Bonchev–Trinajstić information content (AvgIpc) is 2.35. The molecule has 19 heavy (non-hydrogen) atoms. The maximum absolute atomic E-state index is 10.9. The summed E-state index contributed by atoms with van der Waals surface area (Å²) in [5.74, 6) is 0.502. The number of fused-ring (bicyclic) bond motifs is 1. The van der Waals surface area contributed by atoms with Crippen molar-refractivity contribution in [1.29, 1.82) is 0 Å². The number of nitrogens with zero attached hydrogens (tertiary/aromatic N) is 2. The van der Waals surface area contributed by atoms with Gasteiger partial charge in [0.15, 0.2) is 0 Å². The molecule has 0 bridgehead atoms. The van der Waals surface area contributed by atoms with Crippen LogP contribution < -0.4 is 5.32 Å². The molecule has 0 fully saturated rings. The van der Waals surface area contributed by atoms with Gasteiger partial charge >= 0.3 is 0 Å². The summed E-state index contributed by atoms with van der Waals surface area (Å²) in [6, 6.07) is 6.68. The van der Waals surface area contributed by atoms with Crippen molar-refractivity contribution in [1.82, 2.24) is 4.98 Å². The van der Waals surface area contributed by atoms with Gasteiger partial charge in [-0.25, -0.2) is 0 Å². The minimum atomic E-state index is -0.383. The minimum absolute atomic E-state index is 0.0887. The molecule has 100 valence electrons. The van der Waals surface area contributed by atoms with Crippen LogP contribution in [0.15, 0.2) is 24.3 Å². The Morgan fingerprint density at radius 2 is 2.11 bits per heavy atom. The van der Waals surface area contributed by atoms with Gasteiger partial charge in [-0.2, -0.15) is 0 Å². The smallest absolute Gasteiger partial charge is 0.270 e. The quantitative estimate of drug-likeness (QED) is 0.673. The molecule has 2 aromatic rings. The number of rotatable bonds is 4. The van der Waals surface area contributed by atoms with Gasteiger partial charge in [0.25, 0.3) is 5.69 Å². The fourth-order valence-electron chi connectivity index (χ4n) is 1.92. The standard InChI is InChI=1S/C14H17N3O2/c1-9(2)8-15-14-6-10(3)16-13-5-4-11(17(18)19)7-12(13)14/h4-7,9H,8H2,1-3H3,(H,15,16). The van der Waals surface area contributed by atoms with Crippen LogP contribution in [0.25, 0.3) is 10.9 Å². The summed E-state index contributed by atoms with van der Waals surface area (Å²) in [5, 5.41) is 15.0. The van der Waals surface area contributed by atoms with Crippen LogP contribution in [-0.4, -0.2) is 16.5 Å². The fourth-order valence-corrected chi connectivity index (χ4v) is 1.92. The van der Waals surface area contributed by atoms with E-state index in [9.17, 15) is 10.1 Å². The van der Waals surface area contributed by atoms with E-state index in [2.05, 4.69) is 24.1 Å². The molecule has 0 amide bonds. The van der Waals surface area contributed by atoms with Gasteiger partial charge < -0.3 is 5.32 Å². The van der Waals surface area contributed by atoms with Crippen LogP contribution in [0.5, 0.6) is 0 Å². The van der Waals surface area contributed by atoms with Crippen LogP contribution in [0.3, 0.4) is 0 Å². The zero-order valence-corrected chi connectivity index (χ0v) is 11.3. The molecule has 1 heterocycles. The molecule has 1 N–H and O–H groups in total. The largest absolute Gasteiger partial charge is 0.384 e. The monoisotopic (exact) mass is 259 g/mol. The first kappa shape index (κ1) is 13.3. The Kier molecular flexibility index (Phi) is 3.64. The van der Waals surface area contributed by atoms with E-state index >= 15 is 0 Å². The van der Waals surface area contributed by atoms with Crippen LogP contribution in [0, 0.1) is 23.0 Å². The van der Waals surface area contributed by atoms with Crippen molar-refractivity contribution in [2.24, 2.45) is 5.92 Å². The van der Waals surface area contributed by atoms with Gasteiger partial charge in [-0.15, -0.1) is 0 Å². The average molecular weight is 259 g/mol. The number of aryl methyl sites for hydroxylation is 1.